The Hall–Kier alpha value is -0.970. The van der Waals surface area contributed by atoms with Gasteiger partial charge in [0.2, 0.25) is 0 Å². The molecule has 0 bridgehead atoms. The van der Waals surface area contributed by atoms with Crippen molar-refractivity contribution in [1.29, 1.82) is 0 Å². The van der Waals surface area contributed by atoms with Crippen LogP contribution >= 0.6 is 11.6 Å². The Morgan fingerprint density at radius 2 is 2.33 bits per heavy atom. The quantitative estimate of drug-likeness (QED) is 0.895. The van der Waals surface area contributed by atoms with Gasteiger partial charge in [-0.05, 0) is 18.1 Å². The largest absolute Gasteiger partial charge is 0.489 e. The number of hydrogen-bond acceptors (Lipinski definition) is 4. The summed E-state index contributed by atoms with van der Waals surface area (Å²) in [6.07, 6.45) is 0.682. The summed E-state index contributed by atoms with van der Waals surface area (Å²) in [5.41, 5.74) is 0. The third kappa shape index (κ3) is 3.51. The molecule has 5 heteroatoms. The summed E-state index contributed by atoms with van der Waals surface area (Å²) in [4.78, 5) is 0. The average Bonchev–Trinajstić information content (AvgIpc) is 2.75. The van der Waals surface area contributed by atoms with Crippen LogP contribution in [0.1, 0.15) is 13.3 Å². The normalized spacial score (nSPS) is 23.1. The first kappa shape index (κ1) is 13.5. The Kier molecular flexibility index (Phi) is 4.69. The van der Waals surface area contributed by atoms with Crippen molar-refractivity contribution in [2.45, 2.75) is 19.6 Å². The first-order chi connectivity index (χ1) is 8.69. The average molecular weight is 273 g/mol. The van der Waals surface area contributed by atoms with Crippen LogP contribution in [-0.4, -0.2) is 31.2 Å². The lowest BCUT2D eigenvalue weighted by molar-refractivity contribution is -0.0394. The monoisotopic (exact) mass is 272 g/mol. The van der Waals surface area contributed by atoms with E-state index in [-0.39, 0.29) is 19.5 Å². The van der Waals surface area contributed by atoms with Crippen molar-refractivity contribution in [3.05, 3.63) is 23.2 Å². The van der Waals surface area contributed by atoms with E-state index in [1.165, 1.54) is 0 Å². The van der Waals surface area contributed by atoms with Crippen molar-refractivity contribution in [2.75, 3.05) is 19.8 Å². The standard InChI is InChI=1S/C13H17ClO4/c1-9-6-13(17-8-9)18-10-2-3-11(14)12(7-10)16-5-4-15/h2-3,7,9,13,15H,4-6,8H2,1H3/t9-,13?/m1/s1. The van der Waals surface area contributed by atoms with E-state index in [2.05, 4.69) is 6.92 Å². The molecule has 1 aliphatic heterocycles. The molecule has 1 aromatic carbocycles. The summed E-state index contributed by atoms with van der Waals surface area (Å²) in [5.74, 6) is 1.69. The summed E-state index contributed by atoms with van der Waals surface area (Å²) in [6, 6.07) is 5.20. The van der Waals surface area contributed by atoms with Gasteiger partial charge in [-0.15, -0.1) is 0 Å². The zero-order valence-electron chi connectivity index (χ0n) is 10.3. The van der Waals surface area contributed by atoms with Gasteiger partial charge in [0.05, 0.1) is 18.2 Å². The second kappa shape index (κ2) is 6.27. The second-order valence-electron chi connectivity index (χ2n) is 4.39. The maximum absolute atomic E-state index is 8.73. The van der Waals surface area contributed by atoms with Crippen LogP contribution in [0.15, 0.2) is 18.2 Å². The van der Waals surface area contributed by atoms with Crippen LogP contribution < -0.4 is 9.47 Å². The van der Waals surface area contributed by atoms with Crippen LogP contribution in [-0.2, 0) is 4.74 Å². The Morgan fingerprint density at radius 3 is 3.00 bits per heavy atom. The van der Waals surface area contributed by atoms with E-state index in [4.69, 9.17) is 30.9 Å². The topological polar surface area (TPSA) is 47.9 Å². The molecule has 1 aromatic rings. The molecule has 0 aromatic heterocycles. The number of aliphatic hydroxyl groups is 1. The van der Waals surface area contributed by atoms with Crippen molar-refractivity contribution >= 4 is 11.6 Å². The number of rotatable bonds is 5. The maximum atomic E-state index is 8.73. The molecule has 1 heterocycles. The molecule has 0 radical (unpaired) electrons. The first-order valence-corrected chi connectivity index (χ1v) is 6.38. The lowest BCUT2D eigenvalue weighted by atomic mass is 10.1. The highest BCUT2D eigenvalue weighted by atomic mass is 35.5. The molecule has 18 heavy (non-hydrogen) atoms. The van der Waals surface area contributed by atoms with Gasteiger partial charge in [-0.1, -0.05) is 18.5 Å². The van der Waals surface area contributed by atoms with E-state index in [9.17, 15) is 0 Å². The minimum Gasteiger partial charge on any atom is -0.489 e. The molecule has 0 aliphatic carbocycles. The van der Waals surface area contributed by atoms with Gasteiger partial charge in [0.15, 0.2) is 6.29 Å². The summed E-state index contributed by atoms with van der Waals surface area (Å²) < 4.78 is 16.5. The predicted molar refractivity (Wildman–Crippen MR) is 68.2 cm³/mol. The van der Waals surface area contributed by atoms with Gasteiger partial charge in [0.1, 0.15) is 18.1 Å². The van der Waals surface area contributed by atoms with Crippen LogP contribution in [0, 0.1) is 5.92 Å². The lowest BCUT2D eigenvalue weighted by Crippen LogP contribution is -2.14. The molecule has 4 nitrogen and oxygen atoms in total. The van der Waals surface area contributed by atoms with E-state index in [0.717, 1.165) is 13.0 Å². The van der Waals surface area contributed by atoms with Gasteiger partial charge in [-0.25, -0.2) is 0 Å². The smallest absolute Gasteiger partial charge is 0.200 e. The van der Waals surface area contributed by atoms with E-state index in [1.54, 1.807) is 18.2 Å². The Balaban J connectivity index is 2.00. The van der Waals surface area contributed by atoms with Crippen LogP contribution in [0.3, 0.4) is 0 Å². The molecule has 0 saturated carbocycles. The number of benzene rings is 1. The van der Waals surface area contributed by atoms with Crippen LogP contribution in [0.2, 0.25) is 5.02 Å². The van der Waals surface area contributed by atoms with E-state index >= 15 is 0 Å². The fourth-order valence-corrected chi connectivity index (χ4v) is 1.97. The highest BCUT2D eigenvalue weighted by Gasteiger charge is 2.23. The van der Waals surface area contributed by atoms with Gasteiger partial charge >= 0.3 is 0 Å². The minimum atomic E-state index is -0.202. The summed E-state index contributed by atoms with van der Waals surface area (Å²) in [6.45, 7) is 3.01. The molecule has 1 saturated heterocycles. The van der Waals surface area contributed by atoms with Crippen LogP contribution in [0.25, 0.3) is 0 Å². The SMILES string of the molecule is C[C@H]1COC(Oc2ccc(Cl)c(OCCO)c2)C1. The minimum absolute atomic E-state index is 0.0509. The van der Waals surface area contributed by atoms with E-state index in [1.807, 2.05) is 0 Å². The van der Waals surface area contributed by atoms with E-state index in [0.29, 0.717) is 22.4 Å². The Labute approximate surface area is 111 Å². The summed E-state index contributed by atoms with van der Waals surface area (Å²) >= 11 is 5.98. The number of ether oxygens (including phenoxy) is 3. The lowest BCUT2D eigenvalue weighted by Gasteiger charge is -2.14. The van der Waals surface area contributed by atoms with Gasteiger partial charge in [-0.2, -0.15) is 0 Å². The molecule has 1 N–H and O–H groups in total. The molecule has 1 unspecified atom stereocenters. The van der Waals surface area contributed by atoms with Crippen molar-refractivity contribution < 1.29 is 19.3 Å². The van der Waals surface area contributed by atoms with Gasteiger partial charge in [0, 0.05) is 12.5 Å². The highest BCUT2D eigenvalue weighted by molar-refractivity contribution is 6.32. The second-order valence-corrected chi connectivity index (χ2v) is 4.79. The van der Waals surface area contributed by atoms with Crippen molar-refractivity contribution in [1.82, 2.24) is 0 Å². The molecular formula is C13H17ClO4. The molecule has 1 aliphatic rings. The molecule has 2 rings (SSSR count). The van der Waals surface area contributed by atoms with Gasteiger partial charge < -0.3 is 19.3 Å². The predicted octanol–water partition coefficient (Wildman–Crippen LogP) is 2.47. The third-order valence-corrected chi connectivity index (χ3v) is 2.99. The van der Waals surface area contributed by atoms with Crippen LogP contribution in [0.4, 0.5) is 0 Å². The summed E-state index contributed by atoms with van der Waals surface area (Å²) in [7, 11) is 0. The number of hydrogen-bond donors (Lipinski definition) is 1. The summed E-state index contributed by atoms with van der Waals surface area (Å²) in [5, 5.41) is 9.22. The third-order valence-electron chi connectivity index (χ3n) is 2.68. The first-order valence-electron chi connectivity index (χ1n) is 6.00. The zero-order chi connectivity index (χ0) is 13.0. The molecule has 0 amide bonds. The number of halogens is 1. The van der Waals surface area contributed by atoms with E-state index < -0.39 is 0 Å². The molecule has 2 atom stereocenters. The van der Waals surface area contributed by atoms with Crippen LogP contribution in [0.5, 0.6) is 11.5 Å². The van der Waals surface area contributed by atoms with Crippen molar-refractivity contribution in [3.63, 3.8) is 0 Å². The fourth-order valence-electron chi connectivity index (χ4n) is 1.79. The van der Waals surface area contributed by atoms with Crippen molar-refractivity contribution in [2.24, 2.45) is 5.92 Å². The van der Waals surface area contributed by atoms with Crippen molar-refractivity contribution in [3.8, 4) is 11.5 Å². The van der Waals surface area contributed by atoms with Gasteiger partial charge in [0.25, 0.3) is 0 Å². The maximum Gasteiger partial charge on any atom is 0.200 e. The zero-order valence-corrected chi connectivity index (χ0v) is 11.0. The molecule has 1 fully saturated rings. The fraction of sp³-hybridized carbons (Fsp3) is 0.538. The highest BCUT2D eigenvalue weighted by Crippen LogP contribution is 2.31. The number of aliphatic hydroxyl groups excluding tert-OH is 1. The molecule has 0 spiro atoms. The Bertz CT molecular complexity index is 397. The van der Waals surface area contributed by atoms with Gasteiger partial charge in [-0.3, -0.25) is 0 Å². The Morgan fingerprint density at radius 1 is 1.50 bits per heavy atom. The molecule has 100 valence electrons. The molecular weight excluding hydrogens is 256 g/mol.